The van der Waals surface area contributed by atoms with Gasteiger partial charge in [0.15, 0.2) is 0 Å². The highest BCUT2D eigenvalue weighted by molar-refractivity contribution is 5.38. The van der Waals surface area contributed by atoms with E-state index in [0.717, 1.165) is 5.92 Å². The van der Waals surface area contributed by atoms with Crippen LogP contribution in [0.2, 0.25) is 0 Å². The summed E-state index contributed by atoms with van der Waals surface area (Å²) >= 11 is 0. The van der Waals surface area contributed by atoms with Crippen molar-refractivity contribution in [2.45, 2.75) is 46.0 Å². The zero-order valence-electron chi connectivity index (χ0n) is 11.0. The molecule has 0 radical (unpaired) electrons. The fourth-order valence-electron chi connectivity index (χ4n) is 4.62. The van der Waals surface area contributed by atoms with Crippen LogP contribution in [-0.4, -0.2) is 5.11 Å². The van der Waals surface area contributed by atoms with Crippen LogP contribution in [0.15, 0.2) is 24.3 Å². The number of aromatic hydroxyl groups is 1. The molecular weight excluding hydrogens is 208 g/mol. The van der Waals surface area contributed by atoms with Crippen molar-refractivity contribution in [3.8, 4) is 5.75 Å². The van der Waals surface area contributed by atoms with E-state index in [-0.39, 0.29) is 0 Å². The van der Waals surface area contributed by atoms with Gasteiger partial charge in [0.2, 0.25) is 0 Å². The van der Waals surface area contributed by atoms with Gasteiger partial charge in [0, 0.05) is 0 Å². The van der Waals surface area contributed by atoms with Crippen LogP contribution in [0.3, 0.4) is 0 Å². The molecule has 2 aliphatic rings. The minimum Gasteiger partial charge on any atom is -0.508 e. The highest BCUT2D eigenvalue weighted by Gasteiger charge is 2.57. The molecule has 2 saturated carbocycles. The van der Waals surface area contributed by atoms with Crippen molar-refractivity contribution in [3.63, 3.8) is 0 Å². The second-order valence-corrected chi connectivity index (χ2v) is 7.07. The lowest BCUT2D eigenvalue weighted by molar-refractivity contribution is 0.156. The summed E-state index contributed by atoms with van der Waals surface area (Å²) in [4.78, 5) is 0. The molecule has 1 heteroatoms. The first-order chi connectivity index (χ1) is 7.92. The van der Waals surface area contributed by atoms with Crippen LogP contribution in [0.25, 0.3) is 0 Å². The Kier molecular flexibility index (Phi) is 2.14. The number of hydrogen-bond donors (Lipinski definition) is 1. The van der Waals surface area contributed by atoms with Gasteiger partial charge in [-0.1, -0.05) is 39.0 Å². The van der Waals surface area contributed by atoms with Gasteiger partial charge in [0.1, 0.15) is 5.75 Å². The number of para-hydroxylation sites is 1. The SMILES string of the molecule is CC1(C)C[C@@]2(C)C[C@@H]1C[C@H]2c1ccccc1O. The Morgan fingerprint density at radius 2 is 1.88 bits per heavy atom. The van der Waals surface area contributed by atoms with Crippen molar-refractivity contribution < 1.29 is 5.11 Å². The van der Waals surface area contributed by atoms with Crippen LogP contribution >= 0.6 is 0 Å². The van der Waals surface area contributed by atoms with Crippen LogP contribution in [0.4, 0.5) is 0 Å². The number of phenols is 1. The topological polar surface area (TPSA) is 20.2 Å². The predicted molar refractivity (Wildman–Crippen MR) is 70.1 cm³/mol. The number of phenolic OH excluding ortho intramolecular Hbond substituents is 1. The van der Waals surface area contributed by atoms with E-state index in [2.05, 4.69) is 32.9 Å². The van der Waals surface area contributed by atoms with Crippen LogP contribution in [-0.2, 0) is 0 Å². The third kappa shape index (κ3) is 1.51. The van der Waals surface area contributed by atoms with Crippen molar-refractivity contribution in [2.24, 2.45) is 16.7 Å². The Hall–Kier alpha value is -0.980. The maximum atomic E-state index is 10.0. The highest BCUT2D eigenvalue weighted by Crippen LogP contribution is 2.68. The molecule has 2 bridgehead atoms. The molecule has 2 fully saturated rings. The molecule has 1 N–H and O–H groups in total. The van der Waals surface area contributed by atoms with E-state index >= 15 is 0 Å². The fraction of sp³-hybridized carbons (Fsp3) is 0.625. The summed E-state index contributed by atoms with van der Waals surface area (Å²) in [5.74, 6) is 1.88. The molecule has 1 nitrogen and oxygen atoms in total. The summed E-state index contributed by atoms with van der Waals surface area (Å²) < 4.78 is 0. The zero-order chi connectivity index (χ0) is 12.3. The quantitative estimate of drug-likeness (QED) is 0.761. The van der Waals surface area contributed by atoms with Crippen LogP contribution < -0.4 is 0 Å². The van der Waals surface area contributed by atoms with Gasteiger partial charge in [-0.2, -0.15) is 0 Å². The monoisotopic (exact) mass is 230 g/mol. The van der Waals surface area contributed by atoms with Gasteiger partial charge >= 0.3 is 0 Å². The van der Waals surface area contributed by atoms with Crippen molar-refractivity contribution in [1.82, 2.24) is 0 Å². The van der Waals surface area contributed by atoms with Gasteiger partial charge in [-0.25, -0.2) is 0 Å². The molecule has 0 spiro atoms. The summed E-state index contributed by atoms with van der Waals surface area (Å²) in [5.41, 5.74) is 2.07. The van der Waals surface area contributed by atoms with E-state index in [4.69, 9.17) is 0 Å². The Morgan fingerprint density at radius 3 is 2.41 bits per heavy atom. The number of benzene rings is 1. The number of rotatable bonds is 1. The Bertz CT molecular complexity index is 449. The third-order valence-corrected chi connectivity index (χ3v) is 5.35. The van der Waals surface area contributed by atoms with E-state index in [1.807, 2.05) is 12.1 Å². The van der Waals surface area contributed by atoms with Crippen molar-refractivity contribution in [3.05, 3.63) is 29.8 Å². The molecule has 3 atom stereocenters. The van der Waals surface area contributed by atoms with E-state index in [1.54, 1.807) is 0 Å². The third-order valence-electron chi connectivity index (χ3n) is 5.35. The Balaban J connectivity index is 1.97. The lowest BCUT2D eigenvalue weighted by Crippen LogP contribution is -2.28. The molecule has 1 aromatic carbocycles. The normalized spacial score (nSPS) is 38.5. The molecule has 1 aromatic rings. The molecule has 0 unspecified atom stereocenters. The van der Waals surface area contributed by atoms with E-state index in [0.29, 0.717) is 22.5 Å². The van der Waals surface area contributed by atoms with Crippen molar-refractivity contribution in [2.75, 3.05) is 0 Å². The molecule has 0 aliphatic heterocycles. The molecule has 2 aliphatic carbocycles. The molecule has 17 heavy (non-hydrogen) atoms. The molecule has 0 heterocycles. The van der Waals surface area contributed by atoms with Crippen molar-refractivity contribution in [1.29, 1.82) is 0 Å². The second-order valence-electron chi connectivity index (χ2n) is 7.07. The predicted octanol–water partition coefficient (Wildman–Crippen LogP) is 4.32. The van der Waals surface area contributed by atoms with Gasteiger partial charge < -0.3 is 5.11 Å². The summed E-state index contributed by atoms with van der Waals surface area (Å²) in [6, 6.07) is 7.91. The molecule has 0 aromatic heterocycles. The second kappa shape index (κ2) is 3.28. The van der Waals surface area contributed by atoms with Crippen molar-refractivity contribution >= 4 is 0 Å². The van der Waals surface area contributed by atoms with E-state index in [1.165, 1.54) is 24.8 Å². The fourth-order valence-corrected chi connectivity index (χ4v) is 4.62. The smallest absolute Gasteiger partial charge is 0.119 e. The lowest BCUT2D eigenvalue weighted by atomic mass is 9.65. The highest BCUT2D eigenvalue weighted by atomic mass is 16.3. The maximum Gasteiger partial charge on any atom is 0.119 e. The first-order valence-electron chi connectivity index (χ1n) is 6.70. The van der Waals surface area contributed by atoms with Crippen LogP contribution in [0.5, 0.6) is 5.75 Å². The largest absolute Gasteiger partial charge is 0.508 e. The Labute approximate surface area is 104 Å². The minimum absolute atomic E-state index is 0.396. The maximum absolute atomic E-state index is 10.0. The van der Waals surface area contributed by atoms with Crippen LogP contribution in [0, 0.1) is 16.7 Å². The molecule has 92 valence electrons. The number of hydrogen-bond acceptors (Lipinski definition) is 1. The van der Waals surface area contributed by atoms with E-state index < -0.39 is 0 Å². The standard InChI is InChI=1S/C16H22O/c1-15(2)10-16(3)9-11(15)8-13(16)12-6-4-5-7-14(12)17/h4-7,11,13,17H,8-10H2,1-3H3/t11-,13-,16+/m0/s1. The molecule has 3 rings (SSSR count). The van der Waals surface area contributed by atoms with Gasteiger partial charge in [0.05, 0.1) is 0 Å². The van der Waals surface area contributed by atoms with Gasteiger partial charge in [-0.3, -0.25) is 0 Å². The summed E-state index contributed by atoms with van der Waals surface area (Å²) in [6.45, 7) is 7.23. The van der Waals surface area contributed by atoms with Crippen LogP contribution in [0.1, 0.15) is 51.5 Å². The average molecular weight is 230 g/mol. The minimum atomic E-state index is 0.396. The average Bonchev–Trinajstić information content (AvgIpc) is 2.66. The first kappa shape index (κ1) is 11.1. The number of fused-ring (bicyclic) bond motifs is 2. The Morgan fingerprint density at radius 1 is 1.18 bits per heavy atom. The zero-order valence-corrected chi connectivity index (χ0v) is 11.0. The van der Waals surface area contributed by atoms with Gasteiger partial charge in [-0.05, 0) is 53.6 Å². The van der Waals surface area contributed by atoms with Gasteiger partial charge in [-0.15, -0.1) is 0 Å². The molecular formula is C16H22O. The molecule has 0 saturated heterocycles. The lowest BCUT2D eigenvalue weighted by Gasteiger charge is -2.39. The first-order valence-corrected chi connectivity index (χ1v) is 6.70. The summed E-state index contributed by atoms with van der Waals surface area (Å²) in [5, 5.41) is 10.0. The molecule has 0 amide bonds. The van der Waals surface area contributed by atoms with Gasteiger partial charge in [0.25, 0.3) is 0 Å². The van der Waals surface area contributed by atoms with E-state index in [9.17, 15) is 5.11 Å². The summed E-state index contributed by atoms with van der Waals surface area (Å²) in [6.07, 6.45) is 3.88. The summed E-state index contributed by atoms with van der Waals surface area (Å²) in [7, 11) is 0.